The molecule has 0 bridgehead atoms. The Bertz CT molecular complexity index is 753. The topological polar surface area (TPSA) is 123 Å². The van der Waals surface area contributed by atoms with E-state index < -0.39 is 25.1 Å². The second kappa shape index (κ2) is 12.3. The summed E-state index contributed by atoms with van der Waals surface area (Å²) in [6, 6.07) is 11.0. The fourth-order valence-electron chi connectivity index (χ4n) is 3.71. The van der Waals surface area contributed by atoms with Crippen LogP contribution in [0.25, 0.3) is 0 Å². The lowest BCUT2D eigenvalue weighted by atomic mass is 9.76. The Morgan fingerprint density at radius 1 is 1.29 bits per heavy atom. The summed E-state index contributed by atoms with van der Waals surface area (Å²) in [6.45, 7) is 4.65. The van der Waals surface area contributed by atoms with Crippen LogP contribution < -0.4 is 5.32 Å². The molecular formula is C22H32BN3O5. The van der Waals surface area contributed by atoms with Crippen LogP contribution in [0.3, 0.4) is 0 Å². The first-order chi connectivity index (χ1) is 14.8. The summed E-state index contributed by atoms with van der Waals surface area (Å²) in [5.74, 6) is -1.40. The Balaban J connectivity index is 1.87. The van der Waals surface area contributed by atoms with Gasteiger partial charge in [-0.05, 0) is 43.6 Å². The number of likely N-dealkylation sites (tertiary alicyclic amines) is 1. The number of hydrogen-bond donors (Lipinski definition) is 3. The van der Waals surface area contributed by atoms with E-state index in [-0.39, 0.29) is 25.0 Å². The van der Waals surface area contributed by atoms with Gasteiger partial charge in [0.05, 0.1) is 18.1 Å². The maximum atomic E-state index is 12.8. The molecule has 1 aliphatic heterocycles. The zero-order valence-corrected chi connectivity index (χ0v) is 18.2. The van der Waals surface area contributed by atoms with Gasteiger partial charge in [-0.2, -0.15) is 5.26 Å². The molecule has 0 spiro atoms. The predicted molar refractivity (Wildman–Crippen MR) is 117 cm³/mol. The molecule has 1 unspecified atom stereocenters. The van der Waals surface area contributed by atoms with Crippen LogP contribution in [-0.4, -0.2) is 59.2 Å². The third-order valence-corrected chi connectivity index (χ3v) is 5.52. The lowest BCUT2D eigenvalue weighted by Gasteiger charge is -2.27. The van der Waals surface area contributed by atoms with E-state index in [4.69, 9.17) is 4.74 Å². The first-order valence-electron chi connectivity index (χ1n) is 10.8. The molecule has 1 aliphatic rings. The fraction of sp³-hybridized carbons (Fsp3) is 0.591. The molecule has 3 atom stereocenters. The van der Waals surface area contributed by atoms with Gasteiger partial charge in [0, 0.05) is 6.54 Å². The van der Waals surface area contributed by atoms with Crippen LogP contribution in [0.5, 0.6) is 0 Å². The zero-order valence-electron chi connectivity index (χ0n) is 18.2. The predicted octanol–water partition coefficient (Wildman–Crippen LogP) is 1.90. The Morgan fingerprint density at radius 3 is 2.61 bits per heavy atom. The lowest BCUT2D eigenvalue weighted by molar-refractivity contribution is -0.135. The highest BCUT2D eigenvalue weighted by Gasteiger charge is 2.34. The summed E-state index contributed by atoms with van der Waals surface area (Å²) in [6.07, 6.45) is 2.26. The van der Waals surface area contributed by atoms with E-state index in [2.05, 4.69) is 25.2 Å². The summed E-state index contributed by atoms with van der Waals surface area (Å²) in [7, 11) is -1.74. The molecule has 2 amide bonds. The van der Waals surface area contributed by atoms with Gasteiger partial charge in [0.2, 0.25) is 5.91 Å². The van der Waals surface area contributed by atoms with Crippen molar-refractivity contribution < 1.29 is 24.4 Å². The summed E-state index contributed by atoms with van der Waals surface area (Å²) in [4.78, 5) is 26.7. The maximum absolute atomic E-state index is 12.8. The number of carbonyl (C=O) groups is 2. The first-order valence-corrected chi connectivity index (χ1v) is 10.8. The quantitative estimate of drug-likeness (QED) is 0.489. The summed E-state index contributed by atoms with van der Waals surface area (Å²) in [5, 5.41) is 31.1. The SMILES string of the molecule is CC(C)CCC(C#N)C(=O)N1CCC[C@@H]1COC(=O)N[C@@H](Cc1ccccc1)B(O)O. The number of benzene rings is 1. The van der Waals surface area contributed by atoms with Crippen molar-refractivity contribution in [2.24, 2.45) is 11.8 Å². The van der Waals surface area contributed by atoms with E-state index in [0.29, 0.717) is 25.3 Å². The number of carbonyl (C=O) groups excluding carboxylic acids is 2. The molecule has 1 heterocycles. The van der Waals surface area contributed by atoms with Gasteiger partial charge in [0.1, 0.15) is 12.5 Å². The molecule has 0 saturated carbocycles. The molecule has 1 fully saturated rings. The Kier molecular flexibility index (Phi) is 9.82. The number of ether oxygens (including phenoxy) is 1. The number of amides is 2. The molecule has 1 saturated heterocycles. The van der Waals surface area contributed by atoms with Crippen LogP contribution in [0.4, 0.5) is 4.79 Å². The number of nitrogens with one attached hydrogen (secondary N) is 1. The number of rotatable bonds is 10. The highest BCUT2D eigenvalue weighted by atomic mass is 16.5. The van der Waals surface area contributed by atoms with Gasteiger partial charge in [-0.25, -0.2) is 4.79 Å². The molecule has 0 aliphatic carbocycles. The van der Waals surface area contributed by atoms with Gasteiger partial charge in [0.15, 0.2) is 0 Å². The van der Waals surface area contributed by atoms with Crippen LogP contribution in [0.15, 0.2) is 30.3 Å². The van der Waals surface area contributed by atoms with Gasteiger partial charge < -0.3 is 25.0 Å². The molecule has 0 radical (unpaired) electrons. The Labute approximate surface area is 184 Å². The largest absolute Gasteiger partial charge is 0.475 e. The van der Waals surface area contributed by atoms with E-state index in [1.807, 2.05) is 30.3 Å². The minimum absolute atomic E-state index is 0.000513. The van der Waals surface area contributed by atoms with Gasteiger partial charge in [0.25, 0.3) is 0 Å². The lowest BCUT2D eigenvalue weighted by Crippen LogP contribution is -2.49. The molecule has 8 nitrogen and oxygen atoms in total. The van der Waals surface area contributed by atoms with E-state index in [1.165, 1.54) is 0 Å². The van der Waals surface area contributed by atoms with Crippen molar-refractivity contribution in [3.63, 3.8) is 0 Å². The summed E-state index contributed by atoms with van der Waals surface area (Å²) in [5.41, 5.74) is 0.845. The van der Waals surface area contributed by atoms with Crippen molar-refractivity contribution in [3.8, 4) is 6.07 Å². The van der Waals surface area contributed by atoms with Gasteiger partial charge in [-0.1, -0.05) is 44.2 Å². The number of alkyl carbamates (subject to hydrolysis) is 1. The minimum Gasteiger partial charge on any atom is -0.447 e. The summed E-state index contributed by atoms with van der Waals surface area (Å²) < 4.78 is 5.29. The van der Waals surface area contributed by atoms with Crippen LogP contribution >= 0.6 is 0 Å². The van der Waals surface area contributed by atoms with E-state index in [1.54, 1.807) is 4.90 Å². The van der Waals surface area contributed by atoms with Gasteiger partial charge in [-0.15, -0.1) is 0 Å². The maximum Gasteiger partial charge on any atom is 0.475 e. The molecule has 168 valence electrons. The van der Waals surface area contributed by atoms with E-state index in [0.717, 1.165) is 18.4 Å². The van der Waals surface area contributed by atoms with Crippen molar-refractivity contribution in [2.45, 2.75) is 57.9 Å². The zero-order chi connectivity index (χ0) is 22.8. The molecule has 1 aromatic carbocycles. The van der Waals surface area contributed by atoms with Crippen LogP contribution in [-0.2, 0) is 16.0 Å². The normalized spacial score (nSPS) is 17.7. The third-order valence-electron chi connectivity index (χ3n) is 5.52. The average molecular weight is 429 g/mol. The van der Waals surface area contributed by atoms with Crippen LogP contribution in [0.1, 0.15) is 45.1 Å². The second-order valence-electron chi connectivity index (χ2n) is 8.43. The third kappa shape index (κ3) is 7.89. The minimum atomic E-state index is -1.74. The van der Waals surface area contributed by atoms with Crippen molar-refractivity contribution in [1.82, 2.24) is 10.2 Å². The number of nitrogens with zero attached hydrogens (tertiary/aromatic N) is 2. The van der Waals surface area contributed by atoms with Crippen LogP contribution in [0.2, 0.25) is 0 Å². The van der Waals surface area contributed by atoms with Crippen molar-refractivity contribution in [1.29, 1.82) is 5.26 Å². The van der Waals surface area contributed by atoms with Crippen molar-refractivity contribution in [3.05, 3.63) is 35.9 Å². The molecular weight excluding hydrogens is 397 g/mol. The number of nitriles is 1. The first kappa shape index (κ1) is 24.7. The highest BCUT2D eigenvalue weighted by molar-refractivity contribution is 6.43. The molecule has 9 heteroatoms. The smallest absolute Gasteiger partial charge is 0.447 e. The Hall–Kier alpha value is -2.57. The highest BCUT2D eigenvalue weighted by Crippen LogP contribution is 2.23. The van der Waals surface area contributed by atoms with Crippen molar-refractivity contribution >= 4 is 19.1 Å². The standard InChI is InChI=1S/C22H32BN3O5/c1-16(2)10-11-18(14-24)21(27)26-12-6-9-19(26)15-31-22(28)25-20(23(29)30)13-17-7-4-3-5-8-17/h3-5,7-8,16,18-20,29-30H,6,9-13,15H2,1-2H3,(H,25,28)/t18?,19-,20+/m1/s1. The van der Waals surface area contributed by atoms with Crippen molar-refractivity contribution in [2.75, 3.05) is 13.2 Å². The summed E-state index contributed by atoms with van der Waals surface area (Å²) >= 11 is 0. The van der Waals surface area contributed by atoms with Gasteiger partial charge in [-0.3, -0.25) is 4.79 Å². The van der Waals surface area contributed by atoms with E-state index in [9.17, 15) is 24.9 Å². The second-order valence-corrected chi connectivity index (χ2v) is 8.43. The molecule has 3 N–H and O–H groups in total. The van der Waals surface area contributed by atoms with Gasteiger partial charge >= 0.3 is 13.2 Å². The number of hydrogen-bond acceptors (Lipinski definition) is 6. The monoisotopic (exact) mass is 429 g/mol. The molecule has 2 rings (SSSR count). The fourth-order valence-corrected chi connectivity index (χ4v) is 3.71. The molecule has 1 aromatic rings. The van der Waals surface area contributed by atoms with E-state index >= 15 is 0 Å². The molecule has 0 aromatic heterocycles. The Morgan fingerprint density at radius 2 is 2.00 bits per heavy atom. The molecule has 31 heavy (non-hydrogen) atoms. The van der Waals surface area contributed by atoms with Crippen LogP contribution in [0, 0.1) is 23.2 Å². The average Bonchev–Trinajstić information content (AvgIpc) is 3.21.